The van der Waals surface area contributed by atoms with Crippen molar-refractivity contribution in [1.82, 2.24) is 0 Å². The molecule has 0 N–H and O–H groups in total. The molecule has 6 rings (SSSR count). The molecule has 4 aromatic carbocycles. The highest BCUT2D eigenvalue weighted by atomic mass is 31.1. The summed E-state index contributed by atoms with van der Waals surface area (Å²) in [6.07, 6.45) is 0.645. The number of rotatable bonds is 8. The van der Waals surface area contributed by atoms with Crippen molar-refractivity contribution in [2.24, 2.45) is 0 Å². The van der Waals surface area contributed by atoms with Gasteiger partial charge < -0.3 is 19.3 Å². The molecule has 2 heterocycles. The van der Waals surface area contributed by atoms with Gasteiger partial charge in [-0.1, -0.05) is 48.5 Å². The number of nitrogens with zero attached hydrogens (tertiary/aromatic N) is 2. The van der Waals surface area contributed by atoms with E-state index in [0.29, 0.717) is 0 Å². The third-order valence-electron chi connectivity index (χ3n) is 7.68. The third kappa shape index (κ3) is 5.33. The fourth-order valence-corrected chi connectivity index (χ4v) is 6.53. The van der Waals surface area contributed by atoms with E-state index in [4.69, 9.17) is 18.5 Å². The summed E-state index contributed by atoms with van der Waals surface area (Å²) in [6, 6.07) is 32.1. The van der Waals surface area contributed by atoms with Gasteiger partial charge in [0.05, 0.1) is 14.2 Å². The SMILES string of the molecule is COc1ccc(N2CCc3ccccc3[C@@H]2O[PH](=O)O[C@H]2c3ccccc3CCN2c2ccc(OC)cc2)cc1. The Kier molecular flexibility index (Phi) is 7.78. The van der Waals surface area contributed by atoms with Gasteiger partial charge in [0.1, 0.15) is 11.5 Å². The molecular weight excluding hydrogens is 523 g/mol. The van der Waals surface area contributed by atoms with E-state index in [1.807, 2.05) is 84.9 Å². The summed E-state index contributed by atoms with van der Waals surface area (Å²) >= 11 is 0. The zero-order valence-corrected chi connectivity index (χ0v) is 23.7. The Morgan fingerprint density at radius 1 is 0.600 bits per heavy atom. The highest BCUT2D eigenvalue weighted by Gasteiger charge is 2.34. The van der Waals surface area contributed by atoms with E-state index in [2.05, 4.69) is 21.9 Å². The van der Waals surface area contributed by atoms with E-state index in [1.165, 1.54) is 11.1 Å². The highest BCUT2D eigenvalue weighted by molar-refractivity contribution is 7.33. The van der Waals surface area contributed by atoms with Crippen molar-refractivity contribution < 1.29 is 23.1 Å². The molecule has 0 bridgehead atoms. The Balaban J connectivity index is 1.30. The lowest BCUT2D eigenvalue weighted by molar-refractivity contribution is 0.119. The fraction of sp³-hybridized carbons (Fsp3) is 0.250. The van der Waals surface area contributed by atoms with E-state index in [-0.39, 0.29) is 0 Å². The molecule has 4 aromatic rings. The summed E-state index contributed by atoms with van der Waals surface area (Å²) in [7, 11) is 0.348. The maximum atomic E-state index is 13.8. The molecule has 0 fully saturated rings. The van der Waals surface area contributed by atoms with E-state index < -0.39 is 20.7 Å². The first kappa shape index (κ1) is 26.5. The second-order valence-electron chi connectivity index (χ2n) is 9.87. The molecule has 7 nitrogen and oxygen atoms in total. The van der Waals surface area contributed by atoms with Gasteiger partial charge in [-0.05, 0) is 72.5 Å². The second-order valence-corrected chi connectivity index (χ2v) is 10.8. The largest absolute Gasteiger partial charge is 0.497 e. The summed E-state index contributed by atoms with van der Waals surface area (Å²) < 4.78 is 37.2. The van der Waals surface area contributed by atoms with E-state index >= 15 is 0 Å². The smallest absolute Gasteiger partial charge is 0.323 e. The first-order valence-corrected chi connectivity index (χ1v) is 14.7. The van der Waals surface area contributed by atoms with Crippen LogP contribution >= 0.6 is 8.25 Å². The molecule has 2 atom stereocenters. The van der Waals surface area contributed by atoms with Gasteiger partial charge in [-0.3, -0.25) is 13.6 Å². The average molecular weight is 557 g/mol. The lowest BCUT2D eigenvalue weighted by Crippen LogP contribution is -2.37. The third-order valence-corrected chi connectivity index (χ3v) is 8.51. The van der Waals surface area contributed by atoms with Crippen LogP contribution in [0.3, 0.4) is 0 Å². The van der Waals surface area contributed by atoms with Crippen LogP contribution in [-0.2, 0) is 26.5 Å². The lowest BCUT2D eigenvalue weighted by atomic mass is 9.98. The predicted molar refractivity (Wildman–Crippen MR) is 158 cm³/mol. The predicted octanol–water partition coefficient (Wildman–Crippen LogP) is 6.95. The quantitative estimate of drug-likeness (QED) is 0.218. The van der Waals surface area contributed by atoms with Gasteiger partial charge in [-0.15, -0.1) is 0 Å². The van der Waals surface area contributed by atoms with Crippen LogP contribution in [0.5, 0.6) is 11.5 Å². The van der Waals surface area contributed by atoms with Gasteiger partial charge in [0.15, 0.2) is 12.5 Å². The van der Waals surface area contributed by atoms with Crippen LogP contribution in [0, 0.1) is 0 Å². The Bertz CT molecular complexity index is 1370. The summed E-state index contributed by atoms with van der Waals surface area (Å²) in [5, 5.41) is 0. The lowest BCUT2D eigenvalue weighted by Gasteiger charge is -2.40. The maximum absolute atomic E-state index is 13.8. The van der Waals surface area contributed by atoms with Crippen LogP contribution < -0.4 is 19.3 Å². The summed E-state index contributed by atoms with van der Waals surface area (Å²) in [5.74, 6) is 1.57. The zero-order chi connectivity index (χ0) is 27.5. The first-order valence-electron chi connectivity index (χ1n) is 13.5. The second kappa shape index (κ2) is 11.8. The van der Waals surface area contributed by atoms with Crippen molar-refractivity contribution in [3.63, 3.8) is 0 Å². The molecule has 2 aliphatic rings. The minimum atomic E-state index is -2.96. The fourth-order valence-electron chi connectivity index (χ4n) is 5.60. The molecule has 0 aliphatic carbocycles. The summed E-state index contributed by atoms with van der Waals surface area (Å²) in [5.41, 5.74) is 6.32. The molecule has 2 aliphatic heterocycles. The normalized spacial score (nSPS) is 18.3. The monoisotopic (exact) mass is 556 g/mol. The number of ether oxygens (including phenoxy) is 2. The zero-order valence-electron chi connectivity index (χ0n) is 22.7. The Hall–Kier alpha value is -3.77. The van der Waals surface area contributed by atoms with Crippen LogP contribution in [0.1, 0.15) is 34.7 Å². The van der Waals surface area contributed by atoms with Gasteiger partial charge in [0, 0.05) is 35.6 Å². The maximum Gasteiger partial charge on any atom is 0.323 e. The van der Waals surface area contributed by atoms with Crippen LogP contribution in [0.2, 0.25) is 0 Å². The van der Waals surface area contributed by atoms with Crippen molar-refractivity contribution in [3.8, 4) is 11.5 Å². The van der Waals surface area contributed by atoms with Crippen molar-refractivity contribution >= 4 is 19.6 Å². The number of fused-ring (bicyclic) bond motifs is 2. The molecule has 0 aromatic heterocycles. The van der Waals surface area contributed by atoms with Crippen LogP contribution in [0.25, 0.3) is 0 Å². The molecule has 40 heavy (non-hydrogen) atoms. The van der Waals surface area contributed by atoms with Gasteiger partial charge in [-0.2, -0.15) is 0 Å². The first-order chi connectivity index (χ1) is 19.6. The molecule has 0 saturated heterocycles. The Labute approximate surface area is 235 Å². The number of hydrogen-bond acceptors (Lipinski definition) is 7. The molecule has 206 valence electrons. The van der Waals surface area contributed by atoms with E-state index in [1.54, 1.807) is 14.2 Å². The molecule has 0 saturated carbocycles. The number of hydrogen-bond donors (Lipinski definition) is 0. The Morgan fingerprint density at radius 3 is 1.40 bits per heavy atom. The molecular formula is C32H33N2O5P. The van der Waals surface area contributed by atoms with Crippen LogP contribution in [-0.4, -0.2) is 27.3 Å². The molecule has 0 unspecified atom stereocenters. The minimum Gasteiger partial charge on any atom is -0.497 e. The molecule has 0 spiro atoms. The van der Waals surface area contributed by atoms with Crippen molar-refractivity contribution in [2.45, 2.75) is 25.3 Å². The summed E-state index contributed by atoms with van der Waals surface area (Å²) in [6.45, 7) is 1.46. The van der Waals surface area contributed by atoms with Gasteiger partial charge >= 0.3 is 8.25 Å². The summed E-state index contributed by atoms with van der Waals surface area (Å²) in [4.78, 5) is 4.29. The molecule has 8 heteroatoms. The van der Waals surface area contributed by atoms with Crippen LogP contribution in [0.4, 0.5) is 11.4 Å². The van der Waals surface area contributed by atoms with Crippen molar-refractivity contribution in [1.29, 1.82) is 0 Å². The number of benzene rings is 4. The van der Waals surface area contributed by atoms with Crippen molar-refractivity contribution in [2.75, 3.05) is 37.1 Å². The Morgan fingerprint density at radius 2 is 1.00 bits per heavy atom. The average Bonchev–Trinajstić information content (AvgIpc) is 3.01. The number of methoxy groups -OCH3 is 2. The van der Waals surface area contributed by atoms with E-state index in [9.17, 15) is 4.57 Å². The van der Waals surface area contributed by atoms with E-state index in [0.717, 1.165) is 59.9 Å². The van der Waals surface area contributed by atoms with Gasteiger partial charge in [0.25, 0.3) is 0 Å². The molecule has 0 radical (unpaired) electrons. The van der Waals surface area contributed by atoms with Crippen LogP contribution in [0.15, 0.2) is 97.1 Å². The topological polar surface area (TPSA) is 60.5 Å². The van der Waals surface area contributed by atoms with Crippen molar-refractivity contribution in [3.05, 3.63) is 119 Å². The number of anilines is 2. The van der Waals surface area contributed by atoms with Gasteiger partial charge in [-0.25, -0.2) is 0 Å². The van der Waals surface area contributed by atoms with Gasteiger partial charge in [0.2, 0.25) is 0 Å². The minimum absolute atomic E-state index is 0.544. The highest BCUT2D eigenvalue weighted by Crippen LogP contribution is 2.46. The standard InChI is InChI=1S/C32H33N2O5P/c1-36-27-15-11-25(12-16-27)33-21-19-23-7-3-5-9-29(23)31(33)38-40(35)39-32-30-10-6-4-8-24(30)20-22-34(32)26-13-17-28(37-2)18-14-26/h3-18,31-32,40H,19-22H2,1-2H3/t31-,32-/m0/s1. The molecule has 0 amide bonds.